The van der Waals surface area contributed by atoms with Crippen molar-refractivity contribution < 1.29 is 9.59 Å². The summed E-state index contributed by atoms with van der Waals surface area (Å²) in [5, 5.41) is 4.01. The van der Waals surface area contributed by atoms with Crippen molar-refractivity contribution in [3.63, 3.8) is 0 Å². The smallest absolute Gasteiger partial charge is 0.243 e. The second-order valence-electron chi connectivity index (χ2n) is 9.09. The lowest BCUT2D eigenvalue weighted by Gasteiger charge is -2.33. The highest BCUT2D eigenvalue weighted by Crippen LogP contribution is 2.24. The van der Waals surface area contributed by atoms with Crippen molar-refractivity contribution in [1.29, 1.82) is 0 Å². The van der Waals surface area contributed by atoms with E-state index in [4.69, 9.17) is 23.2 Å². The van der Waals surface area contributed by atoms with Crippen LogP contribution in [0.2, 0.25) is 10.0 Å². The first-order valence-electron chi connectivity index (χ1n) is 10.5. The summed E-state index contributed by atoms with van der Waals surface area (Å²) >= 11 is 12.4. The number of rotatable bonds is 7. The normalized spacial score (nSPS) is 12.4. The Bertz CT molecular complexity index is 931. The Morgan fingerprint density at radius 1 is 1.03 bits per heavy atom. The molecule has 0 aliphatic carbocycles. The summed E-state index contributed by atoms with van der Waals surface area (Å²) in [4.78, 5) is 28.2. The zero-order valence-electron chi connectivity index (χ0n) is 19.2. The Labute approximate surface area is 195 Å². The predicted octanol–water partition coefficient (Wildman–Crippen LogP) is 5.87. The average molecular weight is 463 g/mol. The lowest BCUT2D eigenvalue weighted by atomic mass is 10.0. The molecule has 2 rings (SSSR count). The van der Waals surface area contributed by atoms with Crippen LogP contribution in [0.1, 0.15) is 56.4 Å². The van der Waals surface area contributed by atoms with Crippen molar-refractivity contribution >= 4 is 35.0 Å². The first-order chi connectivity index (χ1) is 14.4. The van der Waals surface area contributed by atoms with Crippen LogP contribution in [-0.4, -0.2) is 28.3 Å². The number of nitrogens with zero attached hydrogens (tertiary/aromatic N) is 1. The molecule has 0 saturated heterocycles. The lowest BCUT2D eigenvalue weighted by molar-refractivity contribution is -0.141. The number of carbonyl (C=O) groups excluding carboxylic acids is 2. The molecule has 0 bridgehead atoms. The summed E-state index contributed by atoms with van der Waals surface area (Å²) in [6.45, 7) is 11.9. The summed E-state index contributed by atoms with van der Waals surface area (Å²) in [5.74, 6) is -0.291. The Morgan fingerprint density at radius 3 is 2.16 bits per heavy atom. The van der Waals surface area contributed by atoms with E-state index in [1.807, 2.05) is 53.7 Å². The molecule has 0 radical (unpaired) electrons. The summed E-state index contributed by atoms with van der Waals surface area (Å²) in [5.41, 5.74) is 3.49. The quantitative estimate of drug-likeness (QED) is 0.558. The Kier molecular flexibility index (Phi) is 8.56. The van der Waals surface area contributed by atoms with Crippen LogP contribution in [0.5, 0.6) is 0 Å². The van der Waals surface area contributed by atoms with Crippen LogP contribution in [0.4, 0.5) is 0 Å². The first-order valence-corrected chi connectivity index (χ1v) is 11.3. The van der Waals surface area contributed by atoms with Gasteiger partial charge in [0.2, 0.25) is 11.8 Å². The van der Waals surface area contributed by atoms with E-state index in [0.717, 1.165) is 22.3 Å². The highest BCUT2D eigenvalue weighted by atomic mass is 35.5. The van der Waals surface area contributed by atoms with Gasteiger partial charge in [0.05, 0.1) is 6.42 Å². The fourth-order valence-electron chi connectivity index (χ4n) is 3.65. The van der Waals surface area contributed by atoms with Crippen LogP contribution in [-0.2, 0) is 22.6 Å². The van der Waals surface area contributed by atoms with Gasteiger partial charge in [0.15, 0.2) is 0 Å². The van der Waals surface area contributed by atoms with Gasteiger partial charge in [0.1, 0.15) is 6.04 Å². The molecule has 0 fully saturated rings. The van der Waals surface area contributed by atoms with Crippen LogP contribution in [0, 0.1) is 13.8 Å². The molecule has 0 saturated carbocycles. The van der Waals surface area contributed by atoms with Crippen molar-refractivity contribution in [1.82, 2.24) is 10.2 Å². The van der Waals surface area contributed by atoms with Gasteiger partial charge >= 0.3 is 0 Å². The monoisotopic (exact) mass is 462 g/mol. The van der Waals surface area contributed by atoms with Gasteiger partial charge in [0, 0.05) is 22.1 Å². The molecule has 168 valence electrons. The maximum absolute atomic E-state index is 13.5. The Morgan fingerprint density at radius 2 is 1.65 bits per heavy atom. The molecule has 2 aromatic carbocycles. The minimum Gasteiger partial charge on any atom is -0.350 e. The van der Waals surface area contributed by atoms with E-state index in [9.17, 15) is 9.59 Å². The maximum Gasteiger partial charge on any atom is 0.243 e. The van der Waals surface area contributed by atoms with Gasteiger partial charge in [-0.25, -0.2) is 0 Å². The SMILES string of the molecule is CC[C@@H](C(=O)NC(C)(C)C)N(Cc1ccc(Cl)cc1Cl)C(=O)Cc1cc(C)cc(C)c1. The van der Waals surface area contributed by atoms with Crippen molar-refractivity contribution in [2.45, 2.75) is 72.5 Å². The number of nitrogens with one attached hydrogen (secondary N) is 1. The largest absolute Gasteiger partial charge is 0.350 e. The third kappa shape index (κ3) is 7.55. The molecule has 0 spiro atoms. The van der Waals surface area contributed by atoms with E-state index in [0.29, 0.717) is 16.5 Å². The van der Waals surface area contributed by atoms with E-state index in [-0.39, 0.29) is 24.8 Å². The van der Waals surface area contributed by atoms with Crippen LogP contribution < -0.4 is 5.32 Å². The molecular weight excluding hydrogens is 431 g/mol. The van der Waals surface area contributed by atoms with E-state index >= 15 is 0 Å². The van der Waals surface area contributed by atoms with Crippen molar-refractivity contribution in [2.75, 3.05) is 0 Å². The number of aryl methyl sites for hydroxylation is 2. The van der Waals surface area contributed by atoms with Gasteiger partial charge in [-0.2, -0.15) is 0 Å². The molecule has 0 aliphatic rings. The molecule has 2 aromatic rings. The van der Waals surface area contributed by atoms with Crippen LogP contribution in [0.15, 0.2) is 36.4 Å². The minimum atomic E-state index is -0.607. The number of amides is 2. The van der Waals surface area contributed by atoms with E-state index in [1.165, 1.54) is 0 Å². The molecule has 31 heavy (non-hydrogen) atoms. The van der Waals surface area contributed by atoms with Gasteiger partial charge in [-0.05, 0) is 64.3 Å². The highest BCUT2D eigenvalue weighted by Gasteiger charge is 2.31. The molecule has 6 heteroatoms. The molecule has 0 aliphatic heterocycles. The lowest BCUT2D eigenvalue weighted by Crippen LogP contribution is -2.53. The zero-order valence-corrected chi connectivity index (χ0v) is 20.7. The molecular formula is C25H32Cl2N2O2. The van der Waals surface area contributed by atoms with E-state index in [1.54, 1.807) is 23.1 Å². The third-order valence-electron chi connectivity index (χ3n) is 4.88. The molecule has 4 nitrogen and oxygen atoms in total. The summed E-state index contributed by atoms with van der Waals surface area (Å²) in [6.07, 6.45) is 0.707. The number of carbonyl (C=O) groups is 2. The van der Waals surface area contributed by atoms with Crippen molar-refractivity contribution in [2.24, 2.45) is 0 Å². The van der Waals surface area contributed by atoms with Crippen molar-refractivity contribution in [3.8, 4) is 0 Å². The van der Waals surface area contributed by atoms with Crippen LogP contribution in [0.25, 0.3) is 0 Å². The summed E-state index contributed by atoms with van der Waals surface area (Å²) in [6, 6.07) is 10.7. The highest BCUT2D eigenvalue weighted by molar-refractivity contribution is 6.35. The van der Waals surface area contributed by atoms with Gasteiger partial charge in [-0.1, -0.05) is 65.5 Å². The summed E-state index contributed by atoms with van der Waals surface area (Å²) in [7, 11) is 0. The second-order valence-corrected chi connectivity index (χ2v) is 9.94. The topological polar surface area (TPSA) is 49.4 Å². The van der Waals surface area contributed by atoms with Crippen molar-refractivity contribution in [3.05, 3.63) is 68.7 Å². The second kappa shape index (κ2) is 10.5. The molecule has 1 atom stereocenters. The maximum atomic E-state index is 13.5. The number of halogens is 2. The first kappa shape index (κ1) is 25.2. The predicted molar refractivity (Wildman–Crippen MR) is 129 cm³/mol. The molecule has 2 amide bonds. The zero-order chi connectivity index (χ0) is 23.3. The number of hydrogen-bond donors (Lipinski definition) is 1. The van der Waals surface area contributed by atoms with E-state index in [2.05, 4.69) is 11.4 Å². The fourth-order valence-corrected chi connectivity index (χ4v) is 4.12. The molecule has 0 aromatic heterocycles. The van der Waals surface area contributed by atoms with Crippen LogP contribution in [0.3, 0.4) is 0 Å². The Hall–Kier alpha value is -2.04. The van der Waals surface area contributed by atoms with E-state index < -0.39 is 11.6 Å². The average Bonchev–Trinajstić information content (AvgIpc) is 2.60. The van der Waals surface area contributed by atoms with Gasteiger partial charge in [0.25, 0.3) is 0 Å². The van der Waals surface area contributed by atoms with Gasteiger partial charge in [-0.15, -0.1) is 0 Å². The number of benzene rings is 2. The third-order valence-corrected chi connectivity index (χ3v) is 5.46. The van der Waals surface area contributed by atoms with Crippen LogP contribution >= 0.6 is 23.2 Å². The number of hydrogen-bond acceptors (Lipinski definition) is 2. The molecule has 1 N–H and O–H groups in total. The minimum absolute atomic E-state index is 0.119. The standard InChI is InChI=1S/C25H32Cl2N2O2/c1-7-22(24(31)28-25(4,5)6)29(15-19-8-9-20(26)14-21(19)27)23(30)13-18-11-16(2)10-17(3)12-18/h8-12,14,22H,7,13,15H2,1-6H3,(H,28,31)/t22-/m0/s1. The van der Waals surface area contributed by atoms with Gasteiger partial charge in [-0.3, -0.25) is 9.59 Å². The summed E-state index contributed by atoms with van der Waals surface area (Å²) < 4.78 is 0. The molecule has 0 unspecified atom stereocenters. The fraction of sp³-hybridized carbons (Fsp3) is 0.440. The van der Waals surface area contributed by atoms with Gasteiger partial charge < -0.3 is 10.2 Å². The molecule has 0 heterocycles. The Balaban J connectivity index is 2.39.